The number of hydrogen-bond acceptors (Lipinski definition) is 2. The molecule has 132 valence electrons. The minimum absolute atomic E-state index is 0.298. The fourth-order valence-electron chi connectivity index (χ4n) is 7.64. The lowest BCUT2D eigenvalue weighted by Gasteiger charge is -2.61. The molecule has 0 unspecified atom stereocenters. The fraction of sp³-hybridized carbons (Fsp3) is 1.00. The first-order chi connectivity index (χ1) is 11.0. The highest BCUT2D eigenvalue weighted by molar-refractivity contribution is 5.08. The van der Waals surface area contributed by atoms with Crippen LogP contribution in [0.4, 0.5) is 0 Å². The Morgan fingerprint density at radius 3 is 2.30 bits per heavy atom. The predicted octanol–water partition coefficient (Wildman–Crippen LogP) is 5.41. The third-order valence-electron chi connectivity index (χ3n) is 9.19. The minimum Gasteiger partial charge on any atom is -0.353 e. The second-order valence-electron chi connectivity index (χ2n) is 9.76. The van der Waals surface area contributed by atoms with E-state index in [0.29, 0.717) is 10.8 Å². The maximum atomic E-state index is 5.82. The normalized spacial score (nSPS) is 51.7. The highest BCUT2D eigenvalue weighted by Gasteiger charge is 2.59. The van der Waals surface area contributed by atoms with Gasteiger partial charge in [-0.25, -0.2) is 0 Å². The van der Waals surface area contributed by atoms with Gasteiger partial charge >= 0.3 is 0 Å². The monoisotopic (exact) mass is 320 g/mol. The van der Waals surface area contributed by atoms with E-state index in [1.54, 1.807) is 0 Å². The van der Waals surface area contributed by atoms with Crippen LogP contribution in [0.2, 0.25) is 0 Å². The van der Waals surface area contributed by atoms with Crippen LogP contribution in [0.25, 0.3) is 0 Å². The molecule has 2 nitrogen and oxygen atoms in total. The Balaban J connectivity index is 1.59. The van der Waals surface area contributed by atoms with Crippen molar-refractivity contribution in [2.75, 3.05) is 14.2 Å². The standard InChI is InChI=1S/C21H36O2/c1-19-10-5-6-17(19)16-8-7-15-14-21(22-3,23-4)13-12-20(15,2)18(16)9-11-19/h15-18H,5-14H2,1-4H3/t15-,16-,17+,18+,19-,20-/m0/s1. The van der Waals surface area contributed by atoms with Crippen LogP contribution < -0.4 is 0 Å². The van der Waals surface area contributed by atoms with E-state index in [1.807, 2.05) is 14.2 Å². The smallest absolute Gasteiger partial charge is 0.167 e. The lowest BCUT2D eigenvalue weighted by atomic mass is 9.45. The van der Waals surface area contributed by atoms with Gasteiger partial charge in [-0.1, -0.05) is 20.3 Å². The van der Waals surface area contributed by atoms with Gasteiger partial charge in [-0.3, -0.25) is 0 Å². The molecule has 23 heavy (non-hydrogen) atoms. The van der Waals surface area contributed by atoms with Crippen LogP contribution in [0, 0.1) is 34.5 Å². The Bertz CT molecular complexity index is 457. The van der Waals surface area contributed by atoms with E-state index < -0.39 is 0 Å². The van der Waals surface area contributed by atoms with Crippen LogP contribution in [0.1, 0.15) is 78.1 Å². The molecule has 0 aromatic rings. The molecular weight excluding hydrogens is 284 g/mol. The Hall–Kier alpha value is -0.0800. The van der Waals surface area contributed by atoms with E-state index >= 15 is 0 Å². The highest BCUT2D eigenvalue weighted by atomic mass is 16.7. The van der Waals surface area contributed by atoms with Crippen molar-refractivity contribution in [3.63, 3.8) is 0 Å². The molecule has 4 fully saturated rings. The third-order valence-corrected chi connectivity index (χ3v) is 9.19. The number of methoxy groups -OCH3 is 2. The molecule has 6 atom stereocenters. The van der Waals surface area contributed by atoms with Crippen molar-refractivity contribution >= 4 is 0 Å². The van der Waals surface area contributed by atoms with Crippen molar-refractivity contribution in [2.45, 2.75) is 83.8 Å². The van der Waals surface area contributed by atoms with Gasteiger partial charge in [0, 0.05) is 27.1 Å². The zero-order chi connectivity index (χ0) is 16.3. The second-order valence-corrected chi connectivity index (χ2v) is 9.76. The summed E-state index contributed by atoms with van der Waals surface area (Å²) in [7, 11) is 3.67. The number of rotatable bonds is 2. The zero-order valence-electron chi connectivity index (χ0n) is 15.7. The fourth-order valence-corrected chi connectivity index (χ4v) is 7.64. The van der Waals surface area contributed by atoms with Crippen LogP contribution in [0.5, 0.6) is 0 Å². The summed E-state index contributed by atoms with van der Waals surface area (Å²) in [6, 6.07) is 0. The van der Waals surface area contributed by atoms with Crippen molar-refractivity contribution < 1.29 is 9.47 Å². The van der Waals surface area contributed by atoms with Crippen molar-refractivity contribution in [1.82, 2.24) is 0 Å². The molecule has 0 radical (unpaired) electrons. The molecule has 0 aliphatic heterocycles. The Labute approximate surface area is 142 Å². The predicted molar refractivity (Wildman–Crippen MR) is 93.1 cm³/mol. The first kappa shape index (κ1) is 16.4. The molecule has 4 aliphatic rings. The van der Waals surface area contributed by atoms with E-state index in [1.165, 1.54) is 51.4 Å². The Morgan fingerprint density at radius 1 is 0.783 bits per heavy atom. The van der Waals surface area contributed by atoms with Crippen LogP contribution >= 0.6 is 0 Å². The maximum Gasteiger partial charge on any atom is 0.167 e. The van der Waals surface area contributed by atoms with E-state index in [0.717, 1.165) is 36.5 Å². The molecule has 0 amide bonds. The summed E-state index contributed by atoms with van der Waals surface area (Å²) in [4.78, 5) is 0. The van der Waals surface area contributed by atoms with E-state index in [4.69, 9.17) is 9.47 Å². The van der Waals surface area contributed by atoms with E-state index in [-0.39, 0.29) is 5.79 Å². The number of ether oxygens (including phenoxy) is 2. The molecule has 4 saturated carbocycles. The number of fused-ring (bicyclic) bond motifs is 5. The van der Waals surface area contributed by atoms with Crippen molar-refractivity contribution in [3.8, 4) is 0 Å². The van der Waals surface area contributed by atoms with E-state index in [9.17, 15) is 0 Å². The third kappa shape index (κ3) is 2.27. The SMILES string of the molecule is COC1(OC)CC[C@@]2(C)[C@@H](CC[C@H]3[C@H]4CCC[C@@]4(C)CC[C@H]32)C1. The van der Waals surface area contributed by atoms with Crippen molar-refractivity contribution in [1.29, 1.82) is 0 Å². The summed E-state index contributed by atoms with van der Waals surface area (Å²) in [5.41, 5.74) is 1.22. The molecule has 4 aliphatic carbocycles. The summed E-state index contributed by atoms with van der Waals surface area (Å²) in [6.07, 6.45) is 13.8. The largest absolute Gasteiger partial charge is 0.353 e. The van der Waals surface area contributed by atoms with E-state index in [2.05, 4.69) is 13.8 Å². The van der Waals surface area contributed by atoms with Gasteiger partial charge in [0.1, 0.15) is 0 Å². The average molecular weight is 321 g/mol. The molecule has 0 bridgehead atoms. The quantitative estimate of drug-likeness (QED) is 0.633. The molecule has 0 saturated heterocycles. The van der Waals surface area contributed by atoms with Crippen LogP contribution in [-0.4, -0.2) is 20.0 Å². The lowest BCUT2D eigenvalue weighted by molar-refractivity contribution is -0.261. The second kappa shape index (κ2) is 5.46. The molecule has 0 N–H and O–H groups in total. The summed E-state index contributed by atoms with van der Waals surface area (Å²) in [5.74, 6) is 3.49. The van der Waals surface area contributed by atoms with Gasteiger partial charge in [-0.15, -0.1) is 0 Å². The van der Waals surface area contributed by atoms with Crippen molar-refractivity contribution in [3.05, 3.63) is 0 Å². The van der Waals surface area contributed by atoms with Gasteiger partial charge in [-0.2, -0.15) is 0 Å². The Morgan fingerprint density at radius 2 is 1.57 bits per heavy atom. The highest BCUT2D eigenvalue weighted by Crippen LogP contribution is 2.67. The summed E-state index contributed by atoms with van der Waals surface area (Å²) in [6.45, 7) is 5.23. The van der Waals surface area contributed by atoms with Gasteiger partial charge < -0.3 is 9.47 Å². The molecular formula is C21H36O2. The molecule has 0 heterocycles. The summed E-state index contributed by atoms with van der Waals surface area (Å²) in [5, 5.41) is 0. The molecule has 0 aromatic carbocycles. The van der Waals surface area contributed by atoms with Crippen molar-refractivity contribution in [2.24, 2.45) is 34.5 Å². The molecule has 2 heteroatoms. The zero-order valence-corrected chi connectivity index (χ0v) is 15.7. The van der Waals surface area contributed by atoms with Gasteiger partial charge in [0.15, 0.2) is 5.79 Å². The van der Waals surface area contributed by atoms with Crippen LogP contribution in [0.3, 0.4) is 0 Å². The van der Waals surface area contributed by atoms with Gasteiger partial charge in [0.05, 0.1) is 0 Å². The Kier molecular flexibility index (Phi) is 3.89. The first-order valence-electron chi connectivity index (χ1n) is 10.1. The maximum absolute atomic E-state index is 5.82. The van der Waals surface area contributed by atoms with Gasteiger partial charge in [0.2, 0.25) is 0 Å². The van der Waals surface area contributed by atoms with Gasteiger partial charge in [0.25, 0.3) is 0 Å². The molecule has 4 rings (SSSR count). The minimum atomic E-state index is -0.298. The lowest BCUT2D eigenvalue weighted by Crippen LogP contribution is -2.56. The first-order valence-corrected chi connectivity index (χ1v) is 10.1. The van der Waals surface area contributed by atoms with Gasteiger partial charge in [-0.05, 0) is 79.4 Å². The number of hydrogen-bond donors (Lipinski definition) is 0. The average Bonchev–Trinajstić information content (AvgIpc) is 2.96. The molecule has 0 spiro atoms. The van der Waals surface area contributed by atoms with Crippen LogP contribution in [-0.2, 0) is 9.47 Å². The topological polar surface area (TPSA) is 18.5 Å². The van der Waals surface area contributed by atoms with Crippen LogP contribution in [0.15, 0.2) is 0 Å². The molecule has 0 aromatic heterocycles. The summed E-state index contributed by atoms with van der Waals surface area (Å²) < 4.78 is 11.6. The summed E-state index contributed by atoms with van der Waals surface area (Å²) >= 11 is 0.